The number of fused-ring (bicyclic) bond motifs is 1. The number of aromatic nitrogens is 1. The van der Waals surface area contributed by atoms with E-state index >= 15 is 0 Å². The number of aryl methyl sites for hydroxylation is 1. The molecule has 7 nitrogen and oxygen atoms in total. The van der Waals surface area contributed by atoms with Gasteiger partial charge in [-0.1, -0.05) is 13.3 Å². The van der Waals surface area contributed by atoms with Crippen LogP contribution in [0.15, 0.2) is 23.0 Å². The Labute approximate surface area is 140 Å². The quantitative estimate of drug-likeness (QED) is 0.440. The summed E-state index contributed by atoms with van der Waals surface area (Å²) in [6.45, 7) is 6.15. The molecule has 1 aromatic heterocycles. The van der Waals surface area contributed by atoms with Crippen LogP contribution in [0, 0.1) is 10.1 Å². The zero-order chi connectivity index (χ0) is 17.9. The number of nitro groups is 1. The Morgan fingerprint density at radius 1 is 1.29 bits per heavy atom. The van der Waals surface area contributed by atoms with Crippen molar-refractivity contribution in [2.75, 3.05) is 6.61 Å². The molecule has 24 heavy (non-hydrogen) atoms. The zero-order valence-corrected chi connectivity index (χ0v) is 14.4. The number of hydrogen-bond acceptors (Lipinski definition) is 5. The van der Waals surface area contributed by atoms with Crippen LogP contribution in [0.1, 0.15) is 33.6 Å². The normalized spacial score (nSPS) is 11.0. The van der Waals surface area contributed by atoms with Crippen molar-refractivity contribution in [2.45, 2.75) is 39.7 Å². The molecule has 2 aromatic rings. The summed E-state index contributed by atoms with van der Waals surface area (Å²) in [6.07, 6.45) is 1.60. The first-order chi connectivity index (χ1) is 11.4. The van der Waals surface area contributed by atoms with Gasteiger partial charge in [0.05, 0.1) is 23.2 Å². The molecule has 0 amide bonds. The van der Waals surface area contributed by atoms with Gasteiger partial charge in [0.1, 0.15) is 0 Å². The van der Waals surface area contributed by atoms with Gasteiger partial charge < -0.3 is 14.0 Å². The van der Waals surface area contributed by atoms with Crippen LogP contribution in [0.5, 0.6) is 11.5 Å². The van der Waals surface area contributed by atoms with Crippen LogP contribution in [-0.2, 0) is 7.05 Å². The second-order valence-electron chi connectivity index (χ2n) is 5.85. The number of rotatable bonds is 7. The van der Waals surface area contributed by atoms with Crippen molar-refractivity contribution < 1.29 is 14.4 Å². The molecule has 7 heteroatoms. The molecule has 0 unspecified atom stereocenters. The molecule has 130 valence electrons. The zero-order valence-electron chi connectivity index (χ0n) is 14.4. The molecule has 0 N–H and O–H groups in total. The Kier molecular flexibility index (Phi) is 5.43. The maximum atomic E-state index is 12.6. The Morgan fingerprint density at radius 3 is 2.58 bits per heavy atom. The Morgan fingerprint density at radius 2 is 2.00 bits per heavy atom. The predicted octanol–water partition coefficient (Wildman–Crippen LogP) is 3.41. The fourth-order valence-corrected chi connectivity index (χ4v) is 2.39. The van der Waals surface area contributed by atoms with Crippen LogP contribution in [-0.4, -0.2) is 22.2 Å². The van der Waals surface area contributed by atoms with Crippen LogP contribution in [0.4, 0.5) is 5.69 Å². The van der Waals surface area contributed by atoms with E-state index < -0.39 is 4.92 Å². The first kappa shape index (κ1) is 17.8. The van der Waals surface area contributed by atoms with Crippen molar-refractivity contribution in [1.29, 1.82) is 0 Å². The van der Waals surface area contributed by atoms with Crippen molar-refractivity contribution in [3.8, 4) is 11.5 Å². The van der Waals surface area contributed by atoms with E-state index in [1.54, 1.807) is 13.1 Å². The fraction of sp³-hybridized carbons (Fsp3) is 0.471. The second kappa shape index (κ2) is 7.33. The smallest absolute Gasteiger partial charge is 0.297 e. The molecule has 0 aliphatic heterocycles. The average Bonchev–Trinajstić information content (AvgIpc) is 2.54. The lowest BCUT2D eigenvalue weighted by Gasteiger charge is -2.18. The molecule has 2 rings (SSSR count). The van der Waals surface area contributed by atoms with Gasteiger partial charge in [-0.05, 0) is 26.3 Å². The molecule has 0 fully saturated rings. The van der Waals surface area contributed by atoms with Gasteiger partial charge in [-0.15, -0.1) is 0 Å². The van der Waals surface area contributed by atoms with E-state index in [2.05, 4.69) is 0 Å². The lowest BCUT2D eigenvalue weighted by molar-refractivity contribution is -0.384. The standard InChI is InChI=1S/C17H22N2O5/c1-5-6-9-23-15-13-8-7-12(19(21)22)10-14(13)18(4)17(20)16(15)24-11(2)3/h7-8,10-11H,5-6,9H2,1-4H3. The van der Waals surface area contributed by atoms with E-state index in [0.29, 0.717) is 23.3 Å². The lowest BCUT2D eigenvalue weighted by atomic mass is 10.1. The van der Waals surface area contributed by atoms with Crippen molar-refractivity contribution >= 4 is 16.6 Å². The van der Waals surface area contributed by atoms with E-state index in [9.17, 15) is 14.9 Å². The van der Waals surface area contributed by atoms with Gasteiger partial charge in [-0.25, -0.2) is 0 Å². The highest BCUT2D eigenvalue weighted by Gasteiger charge is 2.21. The molecular weight excluding hydrogens is 312 g/mol. The summed E-state index contributed by atoms with van der Waals surface area (Å²) in [5.74, 6) is 0.495. The minimum Gasteiger partial charge on any atom is -0.489 e. The number of hydrogen-bond donors (Lipinski definition) is 0. The summed E-state index contributed by atoms with van der Waals surface area (Å²) in [5, 5.41) is 11.6. The van der Waals surface area contributed by atoms with E-state index in [-0.39, 0.29) is 23.1 Å². The molecular formula is C17H22N2O5. The number of pyridine rings is 1. The number of non-ortho nitro benzene ring substituents is 1. The summed E-state index contributed by atoms with van der Waals surface area (Å²) >= 11 is 0. The van der Waals surface area contributed by atoms with Crippen LogP contribution in [0.3, 0.4) is 0 Å². The first-order valence-corrected chi connectivity index (χ1v) is 7.97. The largest absolute Gasteiger partial charge is 0.489 e. The van der Waals surface area contributed by atoms with E-state index in [0.717, 1.165) is 12.8 Å². The van der Waals surface area contributed by atoms with Gasteiger partial charge in [0.2, 0.25) is 5.75 Å². The Balaban J connectivity index is 2.72. The molecule has 0 radical (unpaired) electrons. The van der Waals surface area contributed by atoms with E-state index in [1.165, 1.54) is 16.7 Å². The molecule has 0 atom stereocenters. The third kappa shape index (κ3) is 3.50. The number of unbranched alkanes of at least 4 members (excludes halogenated alkanes) is 1. The third-order valence-corrected chi connectivity index (χ3v) is 3.60. The average molecular weight is 334 g/mol. The van der Waals surface area contributed by atoms with Crippen molar-refractivity contribution in [2.24, 2.45) is 7.05 Å². The highest BCUT2D eigenvalue weighted by molar-refractivity contribution is 5.89. The molecule has 1 heterocycles. The SMILES string of the molecule is CCCCOc1c(OC(C)C)c(=O)n(C)c2cc([N+](=O)[O-])ccc12. The number of nitrogens with zero attached hydrogens (tertiary/aromatic N) is 2. The van der Waals surface area contributed by atoms with Crippen LogP contribution >= 0.6 is 0 Å². The predicted molar refractivity (Wildman–Crippen MR) is 92.0 cm³/mol. The fourth-order valence-electron chi connectivity index (χ4n) is 2.39. The molecule has 0 saturated carbocycles. The van der Waals surface area contributed by atoms with Crippen LogP contribution in [0.2, 0.25) is 0 Å². The number of benzene rings is 1. The maximum Gasteiger partial charge on any atom is 0.297 e. The van der Waals surface area contributed by atoms with Crippen molar-refractivity contribution in [3.05, 3.63) is 38.7 Å². The summed E-state index contributed by atoms with van der Waals surface area (Å²) in [6, 6.07) is 4.38. The summed E-state index contributed by atoms with van der Waals surface area (Å²) in [4.78, 5) is 23.2. The molecule has 0 bridgehead atoms. The van der Waals surface area contributed by atoms with Gasteiger partial charge in [0.15, 0.2) is 5.75 Å². The first-order valence-electron chi connectivity index (χ1n) is 7.97. The van der Waals surface area contributed by atoms with E-state index in [4.69, 9.17) is 9.47 Å². The molecule has 0 spiro atoms. The van der Waals surface area contributed by atoms with Gasteiger partial charge in [-0.2, -0.15) is 0 Å². The summed E-state index contributed by atoms with van der Waals surface area (Å²) < 4.78 is 12.9. The molecule has 0 aliphatic carbocycles. The Bertz CT molecular complexity index is 811. The third-order valence-electron chi connectivity index (χ3n) is 3.60. The van der Waals surface area contributed by atoms with Crippen LogP contribution in [0.25, 0.3) is 10.9 Å². The highest BCUT2D eigenvalue weighted by atomic mass is 16.6. The number of nitro benzene ring substituents is 1. The topological polar surface area (TPSA) is 83.6 Å². The monoisotopic (exact) mass is 334 g/mol. The minimum atomic E-state index is -0.486. The summed E-state index contributed by atoms with van der Waals surface area (Å²) in [5.41, 5.74) is -0.00506. The van der Waals surface area contributed by atoms with Crippen molar-refractivity contribution in [1.82, 2.24) is 4.57 Å². The van der Waals surface area contributed by atoms with Gasteiger partial charge in [0, 0.05) is 24.6 Å². The van der Waals surface area contributed by atoms with Gasteiger partial charge >= 0.3 is 0 Å². The van der Waals surface area contributed by atoms with Gasteiger partial charge in [0.25, 0.3) is 11.2 Å². The maximum absolute atomic E-state index is 12.6. The van der Waals surface area contributed by atoms with E-state index in [1.807, 2.05) is 20.8 Å². The molecule has 0 saturated heterocycles. The van der Waals surface area contributed by atoms with Crippen LogP contribution < -0.4 is 15.0 Å². The molecule has 1 aromatic carbocycles. The highest BCUT2D eigenvalue weighted by Crippen LogP contribution is 2.34. The second-order valence-corrected chi connectivity index (χ2v) is 5.85. The van der Waals surface area contributed by atoms with Gasteiger partial charge in [-0.3, -0.25) is 14.9 Å². The molecule has 0 aliphatic rings. The lowest BCUT2D eigenvalue weighted by Crippen LogP contribution is -2.23. The minimum absolute atomic E-state index is 0.0745. The van der Waals surface area contributed by atoms with Crippen molar-refractivity contribution in [3.63, 3.8) is 0 Å². The Hall–Kier alpha value is -2.57. The number of ether oxygens (including phenoxy) is 2. The summed E-state index contributed by atoms with van der Waals surface area (Å²) in [7, 11) is 1.57.